The van der Waals surface area contributed by atoms with Gasteiger partial charge in [-0.05, 0) is 30.0 Å². The summed E-state index contributed by atoms with van der Waals surface area (Å²) in [6.07, 6.45) is 0.756. The molecule has 3 nitrogen and oxygen atoms in total. The van der Waals surface area contributed by atoms with E-state index in [4.69, 9.17) is 4.74 Å². The highest BCUT2D eigenvalue weighted by Crippen LogP contribution is 2.41. The fourth-order valence-corrected chi connectivity index (χ4v) is 2.36. The number of carbonyl (C=O) groups is 1. The molecule has 1 aromatic carbocycles. The van der Waals surface area contributed by atoms with E-state index in [0.29, 0.717) is 19.4 Å². The predicted molar refractivity (Wildman–Crippen MR) is 72.0 cm³/mol. The predicted octanol–water partition coefficient (Wildman–Crippen LogP) is 2.79. The zero-order valence-corrected chi connectivity index (χ0v) is 11.5. The lowest BCUT2D eigenvalue weighted by Gasteiger charge is -2.34. The second-order valence-corrected chi connectivity index (χ2v) is 5.29. The van der Waals surface area contributed by atoms with Crippen LogP contribution < -0.4 is 10.1 Å². The van der Waals surface area contributed by atoms with Crippen molar-refractivity contribution in [2.75, 3.05) is 13.7 Å². The first-order chi connectivity index (χ1) is 9.48. The molecule has 0 saturated heterocycles. The Labute approximate surface area is 117 Å². The van der Waals surface area contributed by atoms with Gasteiger partial charge in [-0.25, -0.2) is 8.78 Å². The van der Waals surface area contributed by atoms with Gasteiger partial charge in [-0.15, -0.1) is 0 Å². The van der Waals surface area contributed by atoms with Crippen LogP contribution in [0.2, 0.25) is 0 Å². The Morgan fingerprint density at radius 2 is 2.20 bits per heavy atom. The summed E-state index contributed by atoms with van der Waals surface area (Å²) in [6.45, 7) is 0.354. The quantitative estimate of drug-likeness (QED) is 0.872. The summed E-state index contributed by atoms with van der Waals surface area (Å²) in [5.74, 6) is -1.93. The number of rotatable bonds is 6. The fourth-order valence-electron chi connectivity index (χ4n) is 2.36. The van der Waals surface area contributed by atoms with E-state index in [1.807, 2.05) is 24.3 Å². The molecule has 1 amide bonds. The number of alkyl halides is 2. The van der Waals surface area contributed by atoms with E-state index in [9.17, 15) is 13.6 Å². The summed E-state index contributed by atoms with van der Waals surface area (Å²) in [5.41, 5.74) is 1.02. The average Bonchev–Trinajstić information content (AvgIpc) is 2.40. The molecule has 1 aromatic rings. The summed E-state index contributed by atoms with van der Waals surface area (Å²) in [4.78, 5) is 11.6. The summed E-state index contributed by atoms with van der Waals surface area (Å²) in [5, 5.41) is 2.72. The zero-order chi connectivity index (χ0) is 14.6. The molecule has 0 aliphatic heterocycles. The molecule has 0 aromatic heterocycles. The third kappa shape index (κ3) is 4.18. The van der Waals surface area contributed by atoms with Gasteiger partial charge in [0, 0.05) is 25.8 Å². The minimum atomic E-state index is -2.52. The molecule has 1 N–H and O–H groups in total. The number of ether oxygens (including phenoxy) is 1. The third-order valence-electron chi connectivity index (χ3n) is 3.54. The van der Waals surface area contributed by atoms with Gasteiger partial charge in [0.05, 0.1) is 7.11 Å². The molecule has 5 heteroatoms. The number of halogens is 2. The molecular weight excluding hydrogens is 264 g/mol. The van der Waals surface area contributed by atoms with E-state index >= 15 is 0 Å². The molecular formula is C15H19F2NO2. The van der Waals surface area contributed by atoms with Gasteiger partial charge in [0.15, 0.2) is 0 Å². The summed E-state index contributed by atoms with van der Waals surface area (Å²) in [7, 11) is 1.60. The molecule has 0 bridgehead atoms. The smallest absolute Gasteiger partial charge is 0.248 e. The molecule has 0 spiro atoms. The number of hydrogen-bond donors (Lipinski definition) is 1. The average molecular weight is 283 g/mol. The van der Waals surface area contributed by atoms with Crippen LogP contribution in [0.3, 0.4) is 0 Å². The second-order valence-electron chi connectivity index (χ2n) is 5.29. The van der Waals surface area contributed by atoms with E-state index in [1.54, 1.807) is 7.11 Å². The van der Waals surface area contributed by atoms with Crippen LogP contribution in [0.25, 0.3) is 0 Å². The van der Waals surface area contributed by atoms with Crippen molar-refractivity contribution in [2.24, 2.45) is 5.92 Å². The number of amides is 1. The van der Waals surface area contributed by atoms with Crippen LogP contribution in [0.1, 0.15) is 24.8 Å². The second kappa shape index (κ2) is 6.20. The van der Waals surface area contributed by atoms with Crippen molar-refractivity contribution in [3.05, 3.63) is 29.8 Å². The van der Waals surface area contributed by atoms with Crippen molar-refractivity contribution in [3.63, 3.8) is 0 Å². The number of aryl methyl sites for hydroxylation is 1. The molecule has 20 heavy (non-hydrogen) atoms. The van der Waals surface area contributed by atoms with Crippen LogP contribution in [0.5, 0.6) is 5.75 Å². The van der Waals surface area contributed by atoms with Crippen molar-refractivity contribution >= 4 is 5.91 Å². The minimum absolute atomic E-state index is 0.0780. The Bertz CT molecular complexity index is 469. The molecule has 0 unspecified atom stereocenters. The maximum absolute atomic E-state index is 12.6. The van der Waals surface area contributed by atoms with Gasteiger partial charge >= 0.3 is 0 Å². The Morgan fingerprint density at radius 1 is 1.45 bits per heavy atom. The lowest BCUT2D eigenvalue weighted by atomic mass is 9.81. The van der Waals surface area contributed by atoms with Crippen molar-refractivity contribution in [3.8, 4) is 5.75 Å². The molecule has 110 valence electrons. The van der Waals surface area contributed by atoms with Crippen LogP contribution in [0.4, 0.5) is 8.78 Å². The Morgan fingerprint density at radius 3 is 2.85 bits per heavy atom. The van der Waals surface area contributed by atoms with Gasteiger partial charge in [0.2, 0.25) is 11.8 Å². The van der Waals surface area contributed by atoms with Crippen molar-refractivity contribution < 1.29 is 18.3 Å². The zero-order valence-electron chi connectivity index (χ0n) is 11.5. The van der Waals surface area contributed by atoms with Crippen LogP contribution >= 0.6 is 0 Å². The number of nitrogens with one attached hydrogen (secondary N) is 1. The highest BCUT2D eigenvalue weighted by molar-refractivity contribution is 5.76. The highest BCUT2D eigenvalue weighted by atomic mass is 19.3. The molecule has 0 radical (unpaired) electrons. The van der Waals surface area contributed by atoms with E-state index < -0.39 is 5.92 Å². The normalized spacial score (nSPS) is 17.4. The summed E-state index contributed by atoms with van der Waals surface area (Å²) in [6, 6.07) is 7.55. The molecule has 1 aliphatic carbocycles. The van der Waals surface area contributed by atoms with Crippen LogP contribution in [0.15, 0.2) is 24.3 Å². The largest absolute Gasteiger partial charge is 0.497 e. The molecule has 0 heterocycles. The van der Waals surface area contributed by atoms with Crippen molar-refractivity contribution in [1.82, 2.24) is 5.32 Å². The standard InChI is InChI=1S/C15H19F2NO2/c1-20-13-4-2-3-11(7-13)5-6-14(19)18-10-12-8-15(16,17)9-12/h2-4,7,12H,5-6,8-10H2,1H3,(H,18,19). The van der Waals surface area contributed by atoms with Crippen LogP contribution in [-0.2, 0) is 11.2 Å². The molecule has 0 atom stereocenters. The SMILES string of the molecule is COc1cccc(CCC(=O)NCC2CC(F)(F)C2)c1. The Balaban J connectivity index is 1.67. The highest BCUT2D eigenvalue weighted by Gasteiger charge is 2.44. The maximum Gasteiger partial charge on any atom is 0.248 e. The van der Waals surface area contributed by atoms with Gasteiger partial charge in [-0.1, -0.05) is 12.1 Å². The third-order valence-corrected chi connectivity index (χ3v) is 3.54. The van der Waals surface area contributed by atoms with Gasteiger partial charge < -0.3 is 10.1 Å². The topological polar surface area (TPSA) is 38.3 Å². The number of benzene rings is 1. The van der Waals surface area contributed by atoms with Gasteiger partial charge in [0.25, 0.3) is 0 Å². The molecule has 1 aliphatic rings. The molecule has 1 saturated carbocycles. The molecule has 1 fully saturated rings. The van der Waals surface area contributed by atoms with Gasteiger partial charge in [-0.2, -0.15) is 0 Å². The van der Waals surface area contributed by atoms with Crippen molar-refractivity contribution in [2.45, 2.75) is 31.6 Å². The van der Waals surface area contributed by atoms with E-state index in [0.717, 1.165) is 11.3 Å². The maximum atomic E-state index is 12.6. The number of carbonyl (C=O) groups excluding carboxylic acids is 1. The van der Waals surface area contributed by atoms with E-state index in [2.05, 4.69) is 5.32 Å². The van der Waals surface area contributed by atoms with Crippen LogP contribution in [-0.4, -0.2) is 25.5 Å². The van der Waals surface area contributed by atoms with Gasteiger partial charge in [-0.3, -0.25) is 4.79 Å². The van der Waals surface area contributed by atoms with E-state index in [-0.39, 0.29) is 24.7 Å². The van der Waals surface area contributed by atoms with Crippen LogP contribution in [0, 0.1) is 5.92 Å². The monoisotopic (exact) mass is 283 g/mol. The number of methoxy groups -OCH3 is 1. The summed E-state index contributed by atoms with van der Waals surface area (Å²) < 4.78 is 30.4. The van der Waals surface area contributed by atoms with Gasteiger partial charge in [0.1, 0.15) is 5.75 Å². The first-order valence-electron chi connectivity index (χ1n) is 6.76. The minimum Gasteiger partial charge on any atom is -0.497 e. The lowest BCUT2D eigenvalue weighted by molar-refractivity contribution is -0.126. The Hall–Kier alpha value is -1.65. The summed E-state index contributed by atoms with van der Waals surface area (Å²) >= 11 is 0. The first-order valence-corrected chi connectivity index (χ1v) is 6.76. The molecule has 2 rings (SSSR count). The lowest BCUT2D eigenvalue weighted by Crippen LogP contribution is -2.42. The van der Waals surface area contributed by atoms with E-state index in [1.165, 1.54) is 0 Å². The Kier molecular flexibility index (Phi) is 4.57. The first kappa shape index (κ1) is 14.8. The fraction of sp³-hybridized carbons (Fsp3) is 0.533. The van der Waals surface area contributed by atoms with Crippen molar-refractivity contribution in [1.29, 1.82) is 0 Å². The number of hydrogen-bond acceptors (Lipinski definition) is 2.